The van der Waals surface area contributed by atoms with Crippen LogP contribution in [0, 0.1) is 0 Å². The molecule has 174 valence electrons. The number of benzene rings is 2. The van der Waals surface area contributed by atoms with Gasteiger partial charge in [-0.2, -0.15) is 18.3 Å². The van der Waals surface area contributed by atoms with E-state index in [9.17, 15) is 22.8 Å². The summed E-state index contributed by atoms with van der Waals surface area (Å²) in [5.74, 6) is -3.69. The van der Waals surface area contributed by atoms with Crippen LogP contribution in [0.25, 0.3) is 16.6 Å². The monoisotopic (exact) mass is 471 g/mol. The highest BCUT2D eigenvalue weighted by Crippen LogP contribution is 2.17. The topological polar surface area (TPSA) is 145 Å². The minimum atomic E-state index is -5.19. The molecule has 0 unspecified atom stereocenters. The fraction of sp³-hybridized carbons (Fsp3) is 0.0455. The number of amides is 2. The number of aromatic nitrogens is 3. The van der Waals surface area contributed by atoms with Crippen LogP contribution in [0.1, 0.15) is 20.7 Å². The number of fused-ring (bicyclic) bond motifs is 1. The van der Waals surface area contributed by atoms with Gasteiger partial charge in [0.1, 0.15) is 11.5 Å². The van der Waals surface area contributed by atoms with Gasteiger partial charge in [0.05, 0.1) is 10.9 Å². The third-order valence-electron chi connectivity index (χ3n) is 4.44. The predicted octanol–water partition coefficient (Wildman–Crippen LogP) is 1.49. The molecule has 0 aliphatic carbocycles. The van der Waals surface area contributed by atoms with Crippen molar-refractivity contribution in [3.63, 3.8) is 0 Å². The second-order valence-corrected chi connectivity index (χ2v) is 6.77. The molecule has 0 radical (unpaired) electrons. The van der Waals surface area contributed by atoms with Crippen molar-refractivity contribution in [1.29, 1.82) is 0 Å². The van der Waals surface area contributed by atoms with Gasteiger partial charge in [0.25, 0.3) is 11.8 Å². The van der Waals surface area contributed by atoms with Gasteiger partial charge < -0.3 is 21.0 Å². The van der Waals surface area contributed by atoms with Gasteiger partial charge in [-0.05, 0) is 36.4 Å². The number of alkyl halides is 3. The molecular formula is C22H16F3N5O4. The number of hydrogen-bond donors (Lipinski definition) is 3. The Morgan fingerprint density at radius 1 is 1.00 bits per heavy atom. The summed E-state index contributed by atoms with van der Waals surface area (Å²) in [5.41, 5.74) is 8.61. The normalized spacial score (nSPS) is 10.8. The van der Waals surface area contributed by atoms with Crippen LogP contribution in [-0.2, 0) is 4.79 Å². The number of pyridine rings is 1. The summed E-state index contributed by atoms with van der Waals surface area (Å²) in [6.45, 7) is 0. The second kappa shape index (κ2) is 9.81. The number of anilines is 1. The zero-order valence-corrected chi connectivity index (χ0v) is 17.2. The Labute approximate surface area is 189 Å². The van der Waals surface area contributed by atoms with Crippen LogP contribution in [0.5, 0.6) is 0 Å². The maximum atomic E-state index is 12.2. The first-order valence-corrected chi connectivity index (χ1v) is 9.49. The summed E-state index contributed by atoms with van der Waals surface area (Å²) in [7, 11) is 0. The van der Waals surface area contributed by atoms with Crippen molar-refractivity contribution in [2.24, 2.45) is 5.73 Å². The molecule has 9 nitrogen and oxygen atoms in total. The van der Waals surface area contributed by atoms with Gasteiger partial charge in [0.2, 0.25) is 11.9 Å². The largest absolute Gasteiger partial charge is 0.542 e. The lowest BCUT2D eigenvalue weighted by atomic mass is 10.1. The standard InChI is InChI=1S/C20H15N5O2.C2HF3O2/c21-19(26)17-3-1-2-14-12-25(24-18(14)17)16-6-4-15(5-7-16)23-20(27)13-8-10-22-11-9-13;3-2(4,5)1(6)7/h1-12H,(H3,21,23,26,27);(H,6,7). The molecule has 0 aliphatic heterocycles. The highest BCUT2D eigenvalue weighted by Gasteiger charge is 2.28. The van der Waals surface area contributed by atoms with E-state index in [-0.39, 0.29) is 5.91 Å². The highest BCUT2D eigenvalue weighted by molar-refractivity contribution is 6.04. The SMILES string of the molecule is NC(=O)c1cccc2c[n+](-c3ccc(NC(=O)c4ccncc4)cc3)[nH]c12.O=C([O-])C(F)(F)F. The maximum Gasteiger partial charge on any atom is 0.430 e. The van der Waals surface area contributed by atoms with Gasteiger partial charge in [-0.3, -0.25) is 14.6 Å². The Morgan fingerprint density at radius 2 is 1.62 bits per heavy atom. The molecule has 0 saturated heterocycles. The summed E-state index contributed by atoms with van der Waals surface area (Å²) in [6, 6.07) is 16.0. The molecule has 2 aromatic carbocycles. The summed E-state index contributed by atoms with van der Waals surface area (Å²) in [4.78, 5) is 36.5. The van der Waals surface area contributed by atoms with Gasteiger partial charge >= 0.3 is 6.18 Å². The fourth-order valence-electron chi connectivity index (χ4n) is 2.85. The molecule has 0 atom stereocenters. The number of carboxylic acid groups (broad SMARTS) is 1. The van der Waals surface area contributed by atoms with Crippen LogP contribution in [-0.4, -0.2) is 34.0 Å². The van der Waals surface area contributed by atoms with Gasteiger partial charge in [0, 0.05) is 35.8 Å². The predicted molar refractivity (Wildman–Crippen MR) is 112 cm³/mol. The molecule has 0 spiro atoms. The zero-order chi connectivity index (χ0) is 24.9. The third-order valence-corrected chi connectivity index (χ3v) is 4.44. The van der Waals surface area contributed by atoms with E-state index in [0.29, 0.717) is 22.3 Å². The van der Waals surface area contributed by atoms with Crippen molar-refractivity contribution >= 4 is 34.4 Å². The number of para-hydroxylation sites is 1. The molecule has 12 heteroatoms. The molecule has 0 aliphatic rings. The molecule has 2 heterocycles. The number of carbonyl (C=O) groups is 3. The van der Waals surface area contributed by atoms with Crippen molar-refractivity contribution in [1.82, 2.24) is 10.1 Å². The van der Waals surface area contributed by atoms with E-state index < -0.39 is 18.1 Å². The first-order valence-electron chi connectivity index (χ1n) is 9.49. The average Bonchev–Trinajstić information content (AvgIpc) is 3.24. The molecule has 2 aromatic heterocycles. The van der Waals surface area contributed by atoms with E-state index in [1.165, 1.54) is 0 Å². The summed E-state index contributed by atoms with van der Waals surface area (Å²) >= 11 is 0. The van der Waals surface area contributed by atoms with Crippen LogP contribution < -0.4 is 20.8 Å². The van der Waals surface area contributed by atoms with Gasteiger partial charge in [0.15, 0.2) is 0 Å². The van der Waals surface area contributed by atoms with E-state index in [2.05, 4.69) is 15.4 Å². The number of nitrogens with one attached hydrogen (secondary N) is 2. The third kappa shape index (κ3) is 5.73. The molecule has 2 amide bonds. The zero-order valence-electron chi connectivity index (χ0n) is 17.2. The fourth-order valence-corrected chi connectivity index (χ4v) is 2.85. The van der Waals surface area contributed by atoms with E-state index >= 15 is 0 Å². The van der Waals surface area contributed by atoms with Crippen molar-refractivity contribution in [3.05, 3.63) is 84.3 Å². The number of rotatable bonds is 4. The Morgan fingerprint density at radius 3 is 2.18 bits per heavy atom. The number of nitrogens with two attached hydrogens (primary N) is 1. The number of aliphatic carboxylic acids is 1. The number of hydrogen-bond acceptors (Lipinski definition) is 5. The Kier molecular flexibility index (Phi) is 6.90. The van der Waals surface area contributed by atoms with Crippen molar-refractivity contribution in [2.45, 2.75) is 6.18 Å². The number of H-pyrrole nitrogens is 1. The highest BCUT2D eigenvalue weighted by atomic mass is 19.4. The first-order chi connectivity index (χ1) is 16.1. The van der Waals surface area contributed by atoms with E-state index in [1.54, 1.807) is 41.3 Å². The van der Waals surface area contributed by atoms with Gasteiger partial charge in [-0.1, -0.05) is 10.7 Å². The number of nitrogens with zero attached hydrogens (tertiary/aromatic N) is 2. The van der Waals surface area contributed by atoms with Crippen LogP contribution in [0.15, 0.2) is 73.2 Å². The maximum absolute atomic E-state index is 12.2. The average molecular weight is 471 g/mol. The molecule has 0 saturated carbocycles. The number of carbonyl (C=O) groups excluding carboxylic acids is 3. The van der Waals surface area contributed by atoms with Crippen molar-refractivity contribution < 1.29 is 37.3 Å². The van der Waals surface area contributed by atoms with Gasteiger partial charge in [-0.15, -0.1) is 0 Å². The molecule has 4 rings (SSSR count). The van der Waals surface area contributed by atoms with Crippen molar-refractivity contribution in [2.75, 3.05) is 5.32 Å². The quantitative estimate of drug-likeness (QED) is 0.386. The van der Waals surface area contributed by atoms with E-state index in [0.717, 1.165) is 11.1 Å². The number of aromatic amines is 1. The lowest BCUT2D eigenvalue weighted by Gasteiger charge is -2.04. The smallest absolute Gasteiger partial charge is 0.430 e. The molecular weight excluding hydrogens is 455 g/mol. The number of halogens is 3. The minimum Gasteiger partial charge on any atom is -0.542 e. The lowest BCUT2D eigenvalue weighted by molar-refractivity contribution is -0.653. The van der Waals surface area contributed by atoms with Crippen LogP contribution in [0.2, 0.25) is 0 Å². The Bertz CT molecular complexity index is 1340. The minimum absolute atomic E-state index is 0.200. The van der Waals surface area contributed by atoms with E-state index in [4.69, 9.17) is 15.6 Å². The number of primary amides is 1. The van der Waals surface area contributed by atoms with Crippen LogP contribution in [0.3, 0.4) is 0 Å². The summed E-state index contributed by atoms with van der Waals surface area (Å²) < 4.78 is 33.3. The van der Waals surface area contributed by atoms with E-state index in [1.807, 2.05) is 36.5 Å². The summed E-state index contributed by atoms with van der Waals surface area (Å²) in [5, 5.41) is 15.7. The van der Waals surface area contributed by atoms with Crippen LogP contribution in [0.4, 0.5) is 18.9 Å². The molecule has 4 aromatic rings. The van der Waals surface area contributed by atoms with Crippen molar-refractivity contribution in [3.8, 4) is 5.69 Å². The Hall–Kier alpha value is -4.74. The summed E-state index contributed by atoms with van der Waals surface area (Å²) in [6.07, 6.45) is -0.165. The molecule has 0 fully saturated rings. The first kappa shape index (κ1) is 23.9. The number of carboxylic acids is 1. The second-order valence-electron chi connectivity index (χ2n) is 6.77. The Balaban J connectivity index is 0.000000406. The molecule has 4 N–H and O–H groups in total. The molecule has 34 heavy (non-hydrogen) atoms. The van der Waals surface area contributed by atoms with Crippen LogP contribution >= 0.6 is 0 Å². The lowest BCUT2D eigenvalue weighted by Crippen LogP contribution is -2.37. The van der Waals surface area contributed by atoms with Gasteiger partial charge in [-0.25, -0.2) is 0 Å². The molecule has 0 bridgehead atoms.